The van der Waals surface area contributed by atoms with Crippen molar-refractivity contribution in [2.75, 3.05) is 19.1 Å². The molecule has 0 radical (unpaired) electrons. The molecule has 0 amide bonds. The van der Waals surface area contributed by atoms with E-state index in [1.165, 1.54) is 12.1 Å². The molecule has 1 heterocycles. The third-order valence-corrected chi connectivity index (χ3v) is 5.82. The van der Waals surface area contributed by atoms with Gasteiger partial charge in [0.05, 0.1) is 47.5 Å². The normalized spacial score (nSPS) is 16.2. The lowest BCUT2D eigenvalue weighted by molar-refractivity contribution is -0.140. The van der Waals surface area contributed by atoms with Gasteiger partial charge in [0.2, 0.25) is 0 Å². The van der Waals surface area contributed by atoms with Crippen molar-refractivity contribution >= 4 is 33.6 Å². The van der Waals surface area contributed by atoms with Crippen molar-refractivity contribution in [1.82, 2.24) is 0 Å². The summed E-state index contributed by atoms with van der Waals surface area (Å²) in [5, 5.41) is 9.93. The van der Waals surface area contributed by atoms with E-state index in [9.17, 15) is 32.4 Å². The first-order valence-electron chi connectivity index (χ1n) is 9.70. The van der Waals surface area contributed by atoms with Gasteiger partial charge in [-0.1, -0.05) is 30.3 Å². The molecule has 7 nitrogen and oxygen atoms in total. The first-order valence-corrected chi connectivity index (χ1v) is 10.5. The van der Waals surface area contributed by atoms with Crippen molar-refractivity contribution in [2.24, 2.45) is 5.73 Å². The number of nitrogens with two attached hydrogens (primary N) is 1. The summed E-state index contributed by atoms with van der Waals surface area (Å²) in [6.45, 7) is 0. The van der Waals surface area contributed by atoms with Gasteiger partial charge in [-0.3, -0.25) is 4.90 Å². The highest BCUT2D eigenvalue weighted by Gasteiger charge is 2.46. The van der Waals surface area contributed by atoms with E-state index in [-0.39, 0.29) is 5.57 Å². The number of ether oxygens (including phenoxy) is 2. The molecule has 2 aromatic carbocycles. The lowest BCUT2D eigenvalue weighted by Gasteiger charge is -2.37. The molecule has 1 aliphatic heterocycles. The Hall–Kier alpha value is -3.85. The average molecular weight is 554 g/mol. The Kier molecular flexibility index (Phi) is 7.21. The highest BCUT2D eigenvalue weighted by atomic mass is 79.9. The summed E-state index contributed by atoms with van der Waals surface area (Å²) in [4.78, 5) is 26.4. The predicted molar refractivity (Wildman–Crippen MR) is 119 cm³/mol. The van der Waals surface area contributed by atoms with E-state index < -0.39 is 62.7 Å². The number of carbonyl (C=O) groups is 2. The topological polar surface area (TPSA) is 106 Å². The van der Waals surface area contributed by atoms with Gasteiger partial charge in [-0.05, 0) is 33.6 Å². The number of methoxy groups -OCH3 is 2. The first kappa shape index (κ1) is 25.8. The first-order chi connectivity index (χ1) is 16.5. The smallest absolute Gasteiger partial charge is 0.421 e. The SMILES string of the molecule is COC(=O)C1=C(C(=O)OC)N(c2ccc(Br)c(F)c2C(F)(F)F)C(N)=C(C#N)C1c1ccccc1. The van der Waals surface area contributed by atoms with Gasteiger partial charge < -0.3 is 15.2 Å². The van der Waals surface area contributed by atoms with Gasteiger partial charge in [-0.2, -0.15) is 18.4 Å². The molecule has 1 unspecified atom stereocenters. The monoisotopic (exact) mass is 553 g/mol. The van der Waals surface area contributed by atoms with Crippen molar-refractivity contribution in [2.45, 2.75) is 12.1 Å². The number of nitrogens with zero attached hydrogens (tertiary/aromatic N) is 2. The minimum atomic E-state index is -5.25. The van der Waals surface area contributed by atoms with Crippen LogP contribution >= 0.6 is 15.9 Å². The van der Waals surface area contributed by atoms with Crippen LogP contribution in [0.15, 0.2) is 69.6 Å². The Bertz CT molecular complexity index is 1300. The molecule has 0 bridgehead atoms. The lowest BCUT2D eigenvalue weighted by atomic mass is 9.80. The van der Waals surface area contributed by atoms with E-state index in [1.54, 1.807) is 18.2 Å². The number of alkyl halides is 3. The second-order valence-corrected chi connectivity index (χ2v) is 7.94. The van der Waals surface area contributed by atoms with Gasteiger partial charge in [0.15, 0.2) is 5.82 Å². The van der Waals surface area contributed by atoms with Gasteiger partial charge in [0.25, 0.3) is 0 Å². The number of allylic oxidation sites excluding steroid dienone is 1. The van der Waals surface area contributed by atoms with Crippen LogP contribution in [0.25, 0.3) is 0 Å². The average Bonchev–Trinajstić information content (AvgIpc) is 2.83. The number of rotatable bonds is 4. The van der Waals surface area contributed by atoms with E-state index in [4.69, 9.17) is 15.2 Å². The summed E-state index contributed by atoms with van der Waals surface area (Å²) >= 11 is 2.71. The summed E-state index contributed by atoms with van der Waals surface area (Å²) in [5.74, 6) is -5.98. The molecule has 0 saturated carbocycles. The van der Waals surface area contributed by atoms with Gasteiger partial charge in [0, 0.05) is 0 Å². The van der Waals surface area contributed by atoms with Crippen molar-refractivity contribution in [3.05, 3.63) is 86.5 Å². The van der Waals surface area contributed by atoms with Crippen molar-refractivity contribution in [1.29, 1.82) is 5.26 Å². The fourth-order valence-corrected chi connectivity index (χ4v) is 4.09. The van der Waals surface area contributed by atoms with E-state index in [0.717, 1.165) is 26.4 Å². The Morgan fingerprint density at radius 1 is 1.09 bits per heavy atom. The number of carbonyl (C=O) groups excluding carboxylic acids is 2. The van der Waals surface area contributed by atoms with Crippen LogP contribution in [0.1, 0.15) is 17.0 Å². The van der Waals surface area contributed by atoms with E-state index >= 15 is 0 Å². The molecule has 2 N–H and O–H groups in total. The van der Waals surface area contributed by atoms with Crippen LogP contribution in [0.2, 0.25) is 0 Å². The molecule has 2 aromatic rings. The van der Waals surface area contributed by atoms with Gasteiger partial charge >= 0.3 is 18.1 Å². The summed E-state index contributed by atoms with van der Waals surface area (Å²) in [7, 11) is 1.93. The maximum atomic E-state index is 14.8. The third-order valence-electron chi connectivity index (χ3n) is 5.21. The van der Waals surface area contributed by atoms with Gasteiger partial charge in [0.1, 0.15) is 17.1 Å². The lowest BCUT2D eigenvalue weighted by Crippen LogP contribution is -2.41. The quantitative estimate of drug-likeness (QED) is 0.438. The van der Waals surface area contributed by atoms with Crippen LogP contribution in [0, 0.1) is 17.1 Å². The van der Waals surface area contributed by atoms with Crippen LogP contribution in [-0.2, 0) is 25.2 Å². The molecule has 0 aliphatic carbocycles. The molecule has 1 aliphatic rings. The number of esters is 2. The minimum Gasteiger partial charge on any atom is -0.466 e. The Morgan fingerprint density at radius 2 is 1.69 bits per heavy atom. The molecule has 12 heteroatoms. The molecule has 0 spiro atoms. The van der Waals surface area contributed by atoms with Crippen molar-refractivity contribution in [3.63, 3.8) is 0 Å². The molecule has 35 heavy (non-hydrogen) atoms. The Labute approximate surface area is 205 Å². The molecule has 0 saturated heterocycles. The zero-order chi connectivity index (χ0) is 26.1. The molecule has 182 valence electrons. The summed E-state index contributed by atoms with van der Waals surface area (Å²) in [5.41, 5.74) is 2.16. The van der Waals surface area contributed by atoms with Gasteiger partial charge in [-0.15, -0.1) is 0 Å². The summed E-state index contributed by atoms with van der Waals surface area (Å²) in [6.07, 6.45) is -5.25. The molecule has 0 aromatic heterocycles. The highest BCUT2D eigenvalue weighted by molar-refractivity contribution is 9.10. The van der Waals surface area contributed by atoms with Crippen LogP contribution in [0.4, 0.5) is 23.2 Å². The fraction of sp³-hybridized carbons (Fsp3) is 0.174. The number of hydrogen-bond donors (Lipinski definition) is 1. The Balaban J connectivity index is 2.53. The van der Waals surface area contributed by atoms with Crippen LogP contribution in [-0.4, -0.2) is 26.2 Å². The second kappa shape index (κ2) is 9.79. The molecule has 3 rings (SSSR count). The maximum Gasteiger partial charge on any atom is 0.421 e. The number of benzene rings is 2. The van der Waals surface area contributed by atoms with E-state index in [0.29, 0.717) is 10.5 Å². The molecule has 0 fully saturated rings. The zero-order valence-corrected chi connectivity index (χ0v) is 19.7. The van der Waals surface area contributed by atoms with Crippen molar-refractivity contribution in [3.8, 4) is 6.07 Å². The van der Waals surface area contributed by atoms with Crippen LogP contribution in [0.5, 0.6) is 0 Å². The number of hydrogen-bond acceptors (Lipinski definition) is 7. The standard InChI is InChI=1S/C23H16BrF4N3O4/c1-34-21(32)16-15(11-6-4-3-5-7-11)12(10-29)20(30)31(19(16)22(33)35-2)14-9-8-13(24)18(25)17(14)23(26,27)28/h3-9,15H,30H2,1-2H3. The highest BCUT2D eigenvalue weighted by Crippen LogP contribution is 2.47. The Morgan fingerprint density at radius 3 is 2.20 bits per heavy atom. The minimum absolute atomic E-state index is 0.325. The van der Waals surface area contributed by atoms with E-state index in [2.05, 4.69) is 15.9 Å². The largest absolute Gasteiger partial charge is 0.466 e. The van der Waals surface area contributed by atoms with Crippen molar-refractivity contribution < 1.29 is 36.6 Å². The fourth-order valence-electron chi connectivity index (χ4n) is 3.76. The number of nitriles is 1. The summed E-state index contributed by atoms with van der Waals surface area (Å²) in [6, 6.07) is 11.5. The predicted octanol–water partition coefficient (Wildman–Crippen LogP) is 4.50. The van der Waals surface area contributed by atoms with Crippen LogP contribution < -0.4 is 10.6 Å². The summed E-state index contributed by atoms with van der Waals surface area (Å²) < 4.78 is 65.8. The molecular weight excluding hydrogens is 538 g/mol. The van der Waals surface area contributed by atoms with E-state index in [1.807, 2.05) is 6.07 Å². The molecular formula is C23H16BrF4N3O4. The number of halogens is 5. The maximum absolute atomic E-state index is 14.8. The van der Waals surface area contributed by atoms with Gasteiger partial charge in [-0.25, -0.2) is 14.0 Å². The number of anilines is 1. The zero-order valence-electron chi connectivity index (χ0n) is 18.1. The van der Waals surface area contributed by atoms with Crippen LogP contribution in [0.3, 0.4) is 0 Å². The second-order valence-electron chi connectivity index (χ2n) is 7.09. The molecule has 1 atom stereocenters. The third kappa shape index (κ3) is 4.46.